The third kappa shape index (κ3) is 5.63. The predicted octanol–water partition coefficient (Wildman–Crippen LogP) is 0.961. The minimum absolute atomic E-state index is 0. The van der Waals surface area contributed by atoms with Gasteiger partial charge in [0.25, 0.3) is 0 Å². The van der Waals surface area contributed by atoms with Crippen LogP contribution in [0, 0.1) is 0 Å². The Balaban J connectivity index is 0.00000180. The zero-order valence-corrected chi connectivity index (χ0v) is 13.0. The fourth-order valence-corrected chi connectivity index (χ4v) is 2.00. The van der Waals surface area contributed by atoms with Crippen molar-refractivity contribution in [1.82, 2.24) is 15.6 Å². The minimum Gasteiger partial charge on any atom is -0.375 e. The van der Waals surface area contributed by atoms with Gasteiger partial charge in [-0.1, -0.05) is 6.07 Å². The lowest BCUT2D eigenvalue weighted by molar-refractivity contribution is -0.128. The fourth-order valence-electron chi connectivity index (χ4n) is 2.00. The first kappa shape index (κ1) is 19.1. The van der Waals surface area contributed by atoms with Crippen LogP contribution in [-0.2, 0) is 16.0 Å². The molecule has 0 unspecified atom stereocenters. The summed E-state index contributed by atoms with van der Waals surface area (Å²) in [5, 5.41) is 6.07. The Kier molecular flexibility index (Phi) is 9.50. The number of carbonyl (C=O) groups is 1. The Morgan fingerprint density at radius 2 is 2.30 bits per heavy atom. The summed E-state index contributed by atoms with van der Waals surface area (Å²) in [5.74, 6) is -0.00173. The van der Waals surface area contributed by atoms with E-state index < -0.39 is 0 Å². The summed E-state index contributed by atoms with van der Waals surface area (Å²) in [6.45, 7) is 3.90. The van der Waals surface area contributed by atoms with Gasteiger partial charge in [-0.05, 0) is 19.1 Å². The quantitative estimate of drug-likeness (QED) is 0.867. The van der Waals surface area contributed by atoms with Gasteiger partial charge in [-0.25, -0.2) is 0 Å². The number of nitrogens with zero attached hydrogens (tertiary/aromatic N) is 1. The molecule has 1 aliphatic heterocycles. The molecule has 0 radical (unpaired) electrons. The molecule has 0 aliphatic carbocycles. The van der Waals surface area contributed by atoms with E-state index in [1.165, 1.54) is 0 Å². The second-order valence-corrected chi connectivity index (χ2v) is 4.37. The number of amides is 1. The van der Waals surface area contributed by atoms with Gasteiger partial charge in [0, 0.05) is 31.4 Å². The Labute approximate surface area is 131 Å². The number of ether oxygens (including phenoxy) is 1. The van der Waals surface area contributed by atoms with Crippen LogP contribution < -0.4 is 10.6 Å². The molecular formula is C13H21Cl2N3O2. The molecule has 2 atom stereocenters. The Morgan fingerprint density at radius 1 is 1.50 bits per heavy atom. The van der Waals surface area contributed by atoms with Crippen LogP contribution in [0.5, 0.6) is 0 Å². The van der Waals surface area contributed by atoms with E-state index in [1.807, 2.05) is 25.1 Å². The second kappa shape index (κ2) is 9.94. The molecule has 1 saturated heterocycles. The summed E-state index contributed by atoms with van der Waals surface area (Å²) in [6, 6.07) is 5.54. The zero-order valence-electron chi connectivity index (χ0n) is 11.4. The SMILES string of the molecule is C[C@H]1OCCN[C@@H]1C(=O)NCCc1ccccn1.Cl.Cl. The molecule has 2 heterocycles. The number of rotatable bonds is 4. The van der Waals surface area contributed by atoms with Gasteiger partial charge in [0.1, 0.15) is 6.04 Å². The molecule has 0 spiro atoms. The van der Waals surface area contributed by atoms with Crippen LogP contribution in [-0.4, -0.2) is 42.7 Å². The first-order valence-electron chi connectivity index (χ1n) is 6.30. The highest BCUT2D eigenvalue weighted by molar-refractivity contribution is 5.85. The average molecular weight is 322 g/mol. The molecule has 1 aliphatic rings. The zero-order chi connectivity index (χ0) is 12.8. The fraction of sp³-hybridized carbons (Fsp3) is 0.538. The van der Waals surface area contributed by atoms with Crippen molar-refractivity contribution in [2.75, 3.05) is 19.7 Å². The molecule has 2 N–H and O–H groups in total. The number of pyridine rings is 1. The van der Waals surface area contributed by atoms with Gasteiger partial charge < -0.3 is 15.4 Å². The first-order valence-corrected chi connectivity index (χ1v) is 6.30. The van der Waals surface area contributed by atoms with Crippen LogP contribution in [0.3, 0.4) is 0 Å². The van der Waals surface area contributed by atoms with Crippen molar-refractivity contribution < 1.29 is 9.53 Å². The predicted molar refractivity (Wildman–Crippen MR) is 82.7 cm³/mol. The number of hydrogen-bond donors (Lipinski definition) is 2. The van der Waals surface area contributed by atoms with Crippen LogP contribution in [0.15, 0.2) is 24.4 Å². The van der Waals surface area contributed by atoms with E-state index in [1.54, 1.807) is 6.20 Å². The van der Waals surface area contributed by atoms with Crippen molar-refractivity contribution in [3.63, 3.8) is 0 Å². The van der Waals surface area contributed by atoms with Crippen molar-refractivity contribution in [2.45, 2.75) is 25.5 Å². The van der Waals surface area contributed by atoms with Crippen molar-refractivity contribution in [1.29, 1.82) is 0 Å². The van der Waals surface area contributed by atoms with Gasteiger partial charge in [0.15, 0.2) is 0 Å². The average Bonchev–Trinajstić information content (AvgIpc) is 2.40. The molecule has 5 nitrogen and oxygen atoms in total. The monoisotopic (exact) mass is 321 g/mol. The van der Waals surface area contributed by atoms with Crippen LogP contribution in [0.4, 0.5) is 0 Å². The number of carbonyl (C=O) groups excluding carboxylic acids is 1. The van der Waals surface area contributed by atoms with Crippen molar-refractivity contribution in [3.8, 4) is 0 Å². The molecule has 0 aromatic carbocycles. The molecular weight excluding hydrogens is 301 g/mol. The van der Waals surface area contributed by atoms with Crippen molar-refractivity contribution in [3.05, 3.63) is 30.1 Å². The van der Waals surface area contributed by atoms with E-state index in [0.717, 1.165) is 18.7 Å². The van der Waals surface area contributed by atoms with E-state index in [2.05, 4.69) is 15.6 Å². The standard InChI is InChI=1S/C13H19N3O2.2ClH/c1-10-12(15-8-9-18-10)13(17)16-7-5-11-4-2-3-6-14-11;;/h2-4,6,10,12,15H,5,7-9H2,1H3,(H,16,17);2*1H/t10-,12+;;/m1../s1. The summed E-state index contributed by atoms with van der Waals surface area (Å²) >= 11 is 0. The first-order chi connectivity index (χ1) is 8.77. The van der Waals surface area contributed by atoms with Crippen molar-refractivity contribution in [2.24, 2.45) is 0 Å². The summed E-state index contributed by atoms with van der Waals surface area (Å²) in [7, 11) is 0. The highest BCUT2D eigenvalue weighted by atomic mass is 35.5. The molecule has 0 saturated carbocycles. The van der Waals surface area contributed by atoms with Gasteiger partial charge in [0.2, 0.25) is 5.91 Å². The normalized spacial score (nSPS) is 21.2. The molecule has 2 rings (SSSR count). The molecule has 20 heavy (non-hydrogen) atoms. The lowest BCUT2D eigenvalue weighted by Crippen LogP contribution is -2.55. The third-order valence-electron chi connectivity index (χ3n) is 3.01. The van der Waals surface area contributed by atoms with E-state index in [0.29, 0.717) is 13.2 Å². The number of morpholine rings is 1. The Morgan fingerprint density at radius 3 is 2.95 bits per heavy atom. The number of hydrogen-bond acceptors (Lipinski definition) is 4. The summed E-state index contributed by atoms with van der Waals surface area (Å²) < 4.78 is 5.44. The largest absolute Gasteiger partial charge is 0.375 e. The molecule has 1 fully saturated rings. The summed E-state index contributed by atoms with van der Waals surface area (Å²) in [6.07, 6.45) is 2.43. The molecule has 1 aromatic rings. The van der Waals surface area contributed by atoms with Gasteiger partial charge >= 0.3 is 0 Å². The highest BCUT2D eigenvalue weighted by Crippen LogP contribution is 2.03. The van der Waals surface area contributed by atoms with Crippen molar-refractivity contribution >= 4 is 30.7 Å². The topological polar surface area (TPSA) is 63.2 Å². The van der Waals surface area contributed by atoms with E-state index in [-0.39, 0.29) is 42.9 Å². The van der Waals surface area contributed by atoms with E-state index in [4.69, 9.17) is 4.74 Å². The molecule has 1 amide bonds. The molecule has 7 heteroatoms. The van der Waals surface area contributed by atoms with E-state index in [9.17, 15) is 4.79 Å². The van der Waals surface area contributed by atoms with Gasteiger partial charge in [-0.2, -0.15) is 0 Å². The van der Waals surface area contributed by atoms with E-state index >= 15 is 0 Å². The van der Waals surface area contributed by atoms with Crippen LogP contribution in [0.2, 0.25) is 0 Å². The van der Waals surface area contributed by atoms with Gasteiger partial charge in [0.05, 0.1) is 12.7 Å². The maximum atomic E-state index is 11.9. The second-order valence-electron chi connectivity index (χ2n) is 4.37. The van der Waals surface area contributed by atoms with Crippen LogP contribution in [0.1, 0.15) is 12.6 Å². The minimum atomic E-state index is -0.248. The van der Waals surface area contributed by atoms with Gasteiger partial charge in [-0.15, -0.1) is 24.8 Å². The van der Waals surface area contributed by atoms with Crippen LogP contribution in [0.25, 0.3) is 0 Å². The molecule has 1 aromatic heterocycles. The summed E-state index contributed by atoms with van der Waals surface area (Å²) in [4.78, 5) is 16.1. The maximum absolute atomic E-state index is 11.9. The van der Waals surface area contributed by atoms with Crippen LogP contribution >= 0.6 is 24.8 Å². The smallest absolute Gasteiger partial charge is 0.239 e. The lowest BCUT2D eigenvalue weighted by Gasteiger charge is -2.29. The lowest BCUT2D eigenvalue weighted by atomic mass is 10.1. The molecule has 114 valence electrons. The Bertz CT molecular complexity index is 392. The summed E-state index contributed by atoms with van der Waals surface area (Å²) in [5.41, 5.74) is 0.985. The number of nitrogens with one attached hydrogen (secondary N) is 2. The molecule has 0 bridgehead atoms. The Hall–Kier alpha value is -0.880. The highest BCUT2D eigenvalue weighted by Gasteiger charge is 2.27. The van der Waals surface area contributed by atoms with Gasteiger partial charge in [-0.3, -0.25) is 9.78 Å². The third-order valence-corrected chi connectivity index (χ3v) is 3.01. The maximum Gasteiger partial charge on any atom is 0.239 e. The number of aromatic nitrogens is 1. The number of halogens is 2.